The van der Waals surface area contributed by atoms with E-state index >= 15 is 0 Å². The first kappa shape index (κ1) is 16.7. The molecule has 0 saturated heterocycles. The molecule has 0 fully saturated rings. The number of anilines is 2. The van der Waals surface area contributed by atoms with Crippen molar-refractivity contribution in [2.24, 2.45) is 0 Å². The van der Waals surface area contributed by atoms with E-state index in [0.29, 0.717) is 15.7 Å². The van der Waals surface area contributed by atoms with Crippen molar-refractivity contribution in [1.29, 1.82) is 0 Å². The maximum Gasteiger partial charge on any atom is 0.253 e. The van der Waals surface area contributed by atoms with Gasteiger partial charge in [0, 0.05) is 11.1 Å². The molecule has 1 atom stereocenters. The summed E-state index contributed by atoms with van der Waals surface area (Å²) in [5.41, 5.74) is 5.54. The number of halogens is 2. The first-order valence-electron chi connectivity index (χ1n) is 6.14. The lowest BCUT2D eigenvalue weighted by Crippen LogP contribution is -2.23. The summed E-state index contributed by atoms with van der Waals surface area (Å²) in [6, 6.07) is 5.94. The molecular weight excluding hydrogens is 347 g/mol. The predicted octanol–water partition coefficient (Wildman–Crippen LogP) is 2.78. The smallest absolute Gasteiger partial charge is 0.253 e. The lowest BCUT2D eigenvalue weighted by Gasteiger charge is -2.12. The molecule has 0 saturated carbocycles. The van der Waals surface area contributed by atoms with Crippen LogP contribution in [0.4, 0.5) is 11.5 Å². The Labute approximate surface area is 140 Å². The normalized spacial score (nSPS) is 12.0. The third-order valence-electron chi connectivity index (χ3n) is 2.58. The van der Waals surface area contributed by atoms with Gasteiger partial charge < -0.3 is 16.0 Å². The average Bonchev–Trinajstić information content (AvgIpc) is 2.41. The van der Waals surface area contributed by atoms with E-state index in [9.17, 15) is 9.59 Å². The first-order valence-corrected chi connectivity index (χ1v) is 7.78. The highest BCUT2D eigenvalue weighted by atomic mass is 35.5. The zero-order valence-electron chi connectivity index (χ0n) is 11.4. The standard InChI is InChI=1S/C13H12Cl2N4O2S/c1-6(22-13-18-10(16)5-11(20)19-13)12(21)17-9-4-7(14)2-3-8(9)15/h2-6H,1H3,(H,17,21)(H3,16,18,19,20)/t6-/m0/s1. The fourth-order valence-corrected chi connectivity index (χ4v) is 2.71. The molecule has 0 aliphatic carbocycles. The Bertz CT molecular complexity index is 766. The van der Waals surface area contributed by atoms with Gasteiger partial charge >= 0.3 is 0 Å². The zero-order valence-corrected chi connectivity index (χ0v) is 13.7. The van der Waals surface area contributed by atoms with Crippen LogP contribution in [0.5, 0.6) is 0 Å². The summed E-state index contributed by atoms with van der Waals surface area (Å²) in [5, 5.41) is 3.25. The maximum atomic E-state index is 12.2. The van der Waals surface area contributed by atoms with Gasteiger partial charge in [0.2, 0.25) is 5.91 Å². The van der Waals surface area contributed by atoms with E-state index in [0.717, 1.165) is 11.8 Å². The molecule has 6 nitrogen and oxygen atoms in total. The van der Waals surface area contributed by atoms with Crippen LogP contribution < -0.4 is 16.6 Å². The van der Waals surface area contributed by atoms with Crippen molar-refractivity contribution in [3.63, 3.8) is 0 Å². The van der Waals surface area contributed by atoms with E-state index in [-0.39, 0.29) is 22.4 Å². The molecule has 116 valence electrons. The average molecular weight is 359 g/mol. The molecule has 0 unspecified atom stereocenters. The molecule has 0 bridgehead atoms. The molecule has 9 heteroatoms. The number of hydrogen-bond acceptors (Lipinski definition) is 5. The SMILES string of the molecule is C[C@H](Sc1nc(N)cc(=O)[nH]1)C(=O)Nc1cc(Cl)ccc1Cl. The Morgan fingerprint density at radius 3 is 2.82 bits per heavy atom. The van der Waals surface area contributed by atoms with E-state index in [4.69, 9.17) is 28.9 Å². The van der Waals surface area contributed by atoms with Crippen LogP contribution in [0.3, 0.4) is 0 Å². The maximum absolute atomic E-state index is 12.2. The number of thioether (sulfide) groups is 1. The van der Waals surface area contributed by atoms with Gasteiger partial charge in [0.15, 0.2) is 5.16 Å². The number of nitrogens with two attached hydrogens (primary N) is 1. The monoisotopic (exact) mass is 358 g/mol. The molecule has 22 heavy (non-hydrogen) atoms. The summed E-state index contributed by atoms with van der Waals surface area (Å²) >= 11 is 12.9. The van der Waals surface area contributed by atoms with Crippen molar-refractivity contribution in [3.05, 3.63) is 44.7 Å². The van der Waals surface area contributed by atoms with Crippen molar-refractivity contribution < 1.29 is 4.79 Å². The third kappa shape index (κ3) is 4.40. The summed E-state index contributed by atoms with van der Waals surface area (Å²) in [7, 11) is 0. The Balaban J connectivity index is 2.09. The van der Waals surface area contributed by atoms with E-state index in [1.807, 2.05) is 0 Å². The van der Waals surface area contributed by atoms with Gasteiger partial charge in [-0.15, -0.1) is 0 Å². The van der Waals surface area contributed by atoms with E-state index < -0.39 is 5.25 Å². The van der Waals surface area contributed by atoms with Gasteiger partial charge in [-0.25, -0.2) is 4.98 Å². The highest BCUT2D eigenvalue weighted by Gasteiger charge is 2.17. The largest absolute Gasteiger partial charge is 0.383 e. The zero-order chi connectivity index (χ0) is 16.3. The predicted molar refractivity (Wildman–Crippen MR) is 89.7 cm³/mol. The number of nitrogen functional groups attached to an aromatic ring is 1. The van der Waals surface area contributed by atoms with Crippen molar-refractivity contribution in [1.82, 2.24) is 9.97 Å². The summed E-state index contributed by atoms with van der Waals surface area (Å²) in [6.45, 7) is 1.67. The number of rotatable bonds is 4. The fraction of sp³-hybridized carbons (Fsp3) is 0.154. The van der Waals surface area contributed by atoms with Crippen molar-refractivity contribution >= 4 is 52.4 Å². The van der Waals surface area contributed by atoms with Crippen LogP contribution in [0.25, 0.3) is 0 Å². The summed E-state index contributed by atoms with van der Waals surface area (Å²) in [5.74, 6) is -0.212. The van der Waals surface area contributed by atoms with Crippen molar-refractivity contribution in [2.75, 3.05) is 11.1 Å². The topological polar surface area (TPSA) is 101 Å². The Hall–Kier alpha value is -1.70. The number of aromatic nitrogens is 2. The van der Waals surface area contributed by atoms with Crippen LogP contribution in [-0.2, 0) is 4.79 Å². The second kappa shape index (κ2) is 7.04. The molecule has 0 aliphatic rings. The molecule has 1 aromatic heterocycles. The van der Waals surface area contributed by atoms with Crippen molar-refractivity contribution in [2.45, 2.75) is 17.3 Å². The molecule has 2 aromatic rings. The third-order valence-corrected chi connectivity index (χ3v) is 4.13. The number of carbonyl (C=O) groups excluding carboxylic acids is 1. The number of hydrogen-bond donors (Lipinski definition) is 3. The van der Waals surface area contributed by atoms with Gasteiger partial charge in [0.1, 0.15) is 5.82 Å². The lowest BCUT2D eigenvalue weighted by atomic mass is 10.3. The molecule has 4 N–H and O–H groups in total. The molecule has 0 aliphatic heterocycles. The van der Waals surface area contributed by atoms with E-state index in [1.54, 1.807) is 25.1 Å². The number of nitrogens with zero attached hydrogens (tertiary/aromatic N) is 1. The van der Waals surface area contributed by atoms with Crippen LogP contribution in [0.2, 0.25) is 10.0 Å². The number of aromatic amines is 1. The molecule has 1 aromatic carbocycles. The minimum absolute atomic E-state index is 0.0942. The number of benzene rings is 1. The molecular formula is C13H12Cl2N4O2S. The Kier molecular flexibility index (Phi) is 5.33. The molecule has 1 heterocycles. The van der Waals surface area contributed by atoms with Crippen molar-refractivity contribution in [3.8, 4) is 0 Å². The number of carbonyl (C=O) groups is 1. The van der Waals surface area contributed by atoms with Gasteiger partial charge in [-0.1, -0.05) is 35.0 Å². The fourth-order valence-electron chi connectivity index (χ4n) is 1.56. The van der Waals surface area contributed by atoms with Gasteiger partial charge in [-0.05, 0) is 25.1 Å². The minimum Gasteiger partial charge on any atom is -0.383 e. The van der Waals surface area contributed by atoms with Crippen LogP contribution >= 0.6 is 35.0 Å². The van der Waals surface area contributed by atoms with Gasteiger partial charge in [0.05, 0.1) is 16.0 Å². The quantitative estimate of drug-likeness (QED) is 0.576. The van der Waals surface area contributed by atoms with Crippen LogP contribution in [0.15, 0.2) is 34.2 Å². The summed E-state index contributed by atoms with van der Waals surface area (Å²) in [6.07, 6.45) is 0. The second-order valence-electron chi connectivity index (χ2n) is 4.35. The van der Waals surface area contributed by atoms with Crippen LogP contribution in [0.1, 0.15) is 6.92 Å². The number of amides is 1. The summed E-state index contributed by atoms with van der Waals surface area (Å²) in [4.78, 5) is 29.9. The number of H-pyrrole nitrogens is 1. The molecule has 1 amide bonds. The number of nitrogens with one attached hydrogen (secondary N) is 2. The van der Waals surface area contributed by atoms with Crippen LogP contribution in [0, 0.1) is 0 Å². The molecule has 0 radical (unpaired) electrons. The van der Waals surface area contributed by atoms with E-state index in [1.165, 1.54) is 6.07 Å². The van der Waals surface area contributed by atoms with Gasteiger partial charge in [0.25, 0.3) is 5.56 Å². The first-order chi connectivity index (χ1) is 10.3. The van der Waals surface area contributed by atoms with Crippen LogP contribution in [-0.4, -0.2) is 21.1 Å². The minimum atomic E-state index is -0.528. The Morgan fingerprint density at radius 1 is 1.41 bits per heavy atom. The molecule has 2 rings (SSSR count). The van der Waals surface area contributed by atoms with Gasteiger partial charge in [-0.3, -0.25) is 9.59 Å². The highest BCUT2D eigenvalue weighted by Crippen LogP contribution is 2.27. The van der Waals surface area contributed by atoms with E-state index in [2.05, 4.69) is 15.3 Å². The molecule has 0 spiro atoms. The highest BCUT2D eigenvalue weighted by molar-refractivity contribution is 8.00. The Morgan fingerprint density at radius 2 is 2.14 bits per heavy atom. The lowest BCUT2D eigenvalue weighted by molar-refractivity contribution is -0.115. The summed E-state index contributed by atoms with van der Waals surface area (Å²) < 4.78 is 0. The van der Waals surface area contributed by atoms with Gasteiger partial charge in [-0.2, -0.15) is 0 Å². The second-order valence-corrected chi connectivity index (χ2v) is 6.52.